The number of nitrogens with one attached hydrogen (secondary N) is 1. The van der Waals surface area contributed by atoms with Crippen molar-refractivity contribution in [3.63, 3.8) is 0 Å². The predicted molar refractivity (Wildman–Crippen MR) is 89.4 cm³/mol. The molecule has 2 aliphatic rings. The van der Waals surface area contributed by atoms with E-state index in [9.17, 15) is 0 Å². The van der Waals surface area contributed by atoms with E-state index in [1.165, 1.54) is 50.8 Å². The lowest BCUT2D eigenvalue weighted by Gasteiger charge is -2.32. The summed E-state index contributed by atoms with van der Waals surface area (Å²) < 4.78 is 0. The molecule has 1 aromatic carbocycles. The Bertz CT molecular complexity index is 426. The van der Waals surface area contributed by atoms with Crippen LogP contribution >= 0.6 is 0 Å². The standard InChI is InChI=1S/C19H30N2/c1-3-15(4-2)19(16-9-6-5-7-10-16)20-17-12-14-21-13-8-11-18(17)21/h5-7,9-10,15,17-20H,3-4,8,11-14H2,1-2H3. The van der Waals surface area contributed by atoms with Gasteiger partial charge in [-0.3, -0.25) is 4.90 Å². The van der Waals surface area contributed by atoms with Crippen molar-refractivity contribution in [1.82, 2.24) is 10.2 Å². The fourth-order valence-electron chi connectivity index (χ4n) is 4.43. The Labute approximate surface area is 129 Å². The van der Waals surface area contributed by atoms with Crippen LogP contribution in [-0.4, -0.2) is 30.1 Å². The van der Waals surface area contributed by atoms with Gasteiger partial charge in [-0.2, -0.15) is 0 Å². The van der Waals surface area contributed by atoms with Crippen molar-refractivity contribution in [3.8, 4) is 0 Å². The van der Waals surface area contributed by atoms with E-state index in [1.807, 2.05) is 0 Å². The molecular weight excluding hydrogens is 256 g/mol. The topological polar surface area (TPSA) is 15.3 Å². The molecule has 0 spiro atoms. The molecule has 0 saturated carbocycles. The Morgan fingerprint density at radius 2 is 1.86 bits per heavy atom. The van der Waals surface area contributed by atoms with Gasteiger partial charge in [0.25, 0.3) is 0 Å². The van der Waals surface area contributed by atoms with Crippen molar-refractivity contribution in [2.45, 2.75) is 64.1 Å². The molecule has 1 N–H and O–H groups in total. The molecule has 0 bridgehead atoms. The summed E-state index contributed by atoms with van der Waals surface area (Å²) in [5.74, 6) is 0.739. The van der Waals surface area contributed by atoms with E-state index in [-0.39, 0.29) is 0 Å². The number of nitrogens with zero attached hydrogens (tertiary/aromatic N) is 1. The van der Waals surface area contributed by atoms with E-state index < -0.39 is 0 Å². The second-order valence-electron chi connectivity index (χ2n) is 6.77. The van der Waals surface area contributed by atoms with Crippen LogP contribution in [0.2, 0.25) is 0 Å². The molecular formula is C19H30N2. The van der Waals surface area contributed by atoms with Crippen LogP contribution in [0.5, 0.6) is 0 Å². The SMILES string of the molecule is CCC(CC)C(NC1CCN2CCCC12)c1ccccc1. The molecule has 2 aliphatic heterocycles. The third-order valence-electron chi connectivity index (χ3n) is 5.68. The Morgan fingerprint density at radius 1 is 1.10 bits per heavy atom. The second kappa shape index (κ2) is 6.93. The van der Waals surface area contributed by atoms with E-state index in [0.717, 1.165) is 12.0 Å². The summed E-state index contributed by atoms with van der Waals surface area (Å²) in [5.41, 5.74) is 1.47. The Hall–Kier alpha value is -0.860. The lowest BCUT2D eigenvalue weighted by molar-refractivity contribution is 0.258. The first-order chi connectivity index (χ1) is 10.3. The third kappa shape index (κ3) is 3.17. The summed E-state index contributed by atoms with van der Waals surface area (Å²) in [5, 5.41) is 4.06. The highest BCUT2D eigenvalue weighted by molar-refractivity contribution is 5.20. The maximum Gasteiger partial charge on any atom is 0.0351 e. The number of rotatable bonds is 6. The molecule has 2 fully saturated rings. The lowest BCUT2D eigenvalue weighted by atomic mass is 9.87. The Kier molecular flexibility index (Phi) is 4.97. The van der Waals surface area contributed by atoms with Crippen molar-refractivity contribution in [2.24, 2.45) is 5.92 Å². The smallest absolute Gasteiger partial charge is 0.0351 e. The monoisotopic (exact) mass is 286 g/mol. The second-order valence-corrected chi connectivity index (χ2v) is 6.77. The number of benzene rings is 1. The van der Waals surface area contributed by atoms with Crippen LogP contribution in [0.25, 0.3) is 0 Å². The van der Waals surface area contributed by atoms with Gasteiger partial charge in [0.2, 0.25) is 0 Å². The van der Waals surface area contributed by atoms with E-state index in [4.69, 9.17) is 0 Å². The zero-order chi connectivity index (χ0) is 14.7. The first-order valence-electron chi connectivity index (χ1n) is 8.88. The summed E-state index contributed by atoms with van der Waals surface area (Å²) in [4.78, 5) is 2.70. The van der Waals surface area contributed by atoms with Crippen LogP contribution in [0.4, 0.5) is 0 Å². The molecule has 2 nitrogen and oxygen atoms in total. The molecule has 0 radical (unpaired) electrons. The minimum atomic E-state index is 0.520. The van der Waals surface area contributed by atoms with Crippen LogP contribution in [0.3, 0.4) is 0 Å². The minimum absolute atomic E-state index is 0.520. The summed E-state index contributed by atoms with van der Waals surface area (Å²) >= 11 is 0. The number of fused-ring (bicyclic) bond motifs is 1. The fourth-order valence-corrected chi connectivity index (χ4v) is 4.43. The highest BCUT2D eigenvalue weighted by atomic mass is 15.2. The highest BCUT2D eigenvalue weighted by Crippen LogP contribution is 2.33. The summed E-state index contributed by atoms with van der Waals surface area (Å²) in [6.45, 7) is 7.29. The summed E-state index contributed by atoms with van der Waals surface area (Å²) in [6.07, 6.45) is 6.62. The average molecular weight is 286 g/mol. The van der Waals surface area contributed by atoms with Gasteiger partial charge in [-0.05, 0) is 37.3 Å². The maximum atomic E-state index is 4.06. The van der Waals surface area contributed by atoms with Crippen LogP contribution in [0, 0.1) is 5.92 Å². The minimum Gasteiger partial charge on any atom is -0.305 e. The van der Waals surface area contributed by atoms with Gasteiger partial charge in [-0.1, -0.05) is 57.0 Å². The fraction of sp³-hybridized carbons (Fsp3) is 0.684. The van der Waals surface area contributed by atoms with Gasteiger partial charge in [-0.25, -0.2) is 0 Å². The van der Waals surface area contributed by atoms with Crippen molar-refractivity contribution in [2.75, 3.05) is 13.1 Å². The molecule has 2 heteroatoms. The first kappa shape index (κ1) is 15.1. The molecule has 0 amide bonds. The molecule has 2 saturated heterocycles. The van der Waals surface area contributed by atoms with Gasteiger partial charge in [0.05, 0.1) is 0 Å². The van der Waals surface area contributed by atoms with E-state index in [2.05, 4.69) is 54.4 Å². The van der Waals surface area contributed by atoms with Crippen LogP contribution < -0.4 is 5.32 Å². The van der Waals surface area contributed by atoms with Crippen LogP contribution in [0.1, 0.15) is 57.6 Å². The molecule has 0 aliphatic carbocycles. The average Bonchev–Trinajstić information content (AvgIpc) is 3.13. The van der Waals surface area contributed by atoms with Gasteiger partial charge in [0.1, 0.15) is 0 Å². The maximum absolute atomic E-state index is 4.06. The van der Waals surface area contributed by atoms with E-state index in [1.54, 1.807) is 0 Å². The zero-order valence-electron chi connectivity index (χ0n) is 13.6. The van der Waals surface area contributed by atoms with Gasteiger partial charge in [0.15, 0.2) is 0 Å². The van der Waals surface area contributed by atoms with Crippen LogP contribution in [-0.2, 0) is 0 Å². The molecule has 3 rings (SSSR count). The lowest BCUT2D eigenvalue weighted by Crippen LogP contribution is -2.43. The molecule has 3 atom stereocenters. The van der Waals surface area contributed by atoms with E-state index in [0.29, 0.717) is 12.1 Å². The van der Waals surface area contributed by atoms with Gasteiger partial charge in [-0.15, -0.1) is 0 Å². The molecule has 2 heterocycles. The summed E-state index contributed by atoms with van der Waals surface area (Å²) in [6, 6.07) is 13.1. The first-order valence-corrected chi connectivity index (χ1v) is 8.88. The molecule has 0 aromatic heterocycles. The highest BCUT2D eigenvalue weighted by Gasteiger charge is 2.38. The third-order valence-corrected chi connectivity index (χ3v) is 5.68. The van der Waals surface area contributed by atoms with Crippen molar-refractivity contribution in [1.29, 1.82) is 0 Å². The Balaban J connectivity index is 1.76. The molecule has 3 unspecified atom stereocenters. The quantitative estimate of drug-likeness (QED) is 0.850. The molecule has 116 valence electrons. The van der Waals surface area contributed by atoms with Crippen molar-refractivity contribution in [3.05, 3.63) is 35.9 Å². The zero-order valence-corrected chi connectivity index (χ0v) is 13.6. The van der Waals surface area contributed by atoms with Crippen molar-refractivity contribution < 1.29 is 0 Å². The van der Waals surface area contributed by atoms with Gasteiger partial charge >= 0.3 is 0 Å². The van der Waals surface area contributed by atoms with E-state index >= 15 is 0 Å². The number of hydrogen-bond acceptors (Lipinski definition) is 2. The number of hydrogen-bond donors (Lipinski definition) is 1. The van der Waals surface area contributed by atoms with Gasteiger partial charge in [0, 0.05) is 24.7 Å². The normalized spacial score (nSPS) is 27.2. The largest absolute Gasteiger partial charge is 0.305 e. The van der Waals surface area contributed by atoms with Gasteiger partial charge < -0.3 is 5.32 Å². The molecule has 1 aromatic rings. The predicted octanol–water partition coefficient (Wildman–Crippen LogP) is 3.99. The van der Waals surface area contributed by atoms with Crippen molar-refractivity contribution >= 4 is 0 Å². The summed E-state index contributed by atoms with van der Waals surface area (Å²) in [7, 11) is 0. The van der Waals surface area contributed by atoms with Crippen LogP contribution in [0.15, 0.2) is 30.3 Å². The molecule has 21 heavy (non-hydrogen) atoms. The Morgan fingerprint density at radius 3 is 2.57 bits per heavy atom.